The van der Waals surface area contributed by atoms with Crippen molar-refractivity contribution in [2.75, 3.05) is 18.5 Å². The smallest absolute Gasteiger partial charge is 0.321 e. The molecule has 82 valence electrons. The maximum atomic E-state index is 11.6. The van der Waals surface area contributed by atoms with Gasteiger partial charge in [-0.15, -0.1) is 0 Å². The highest BCUT2D eigenvalue weighted by atomic mass is 16.2. The lowest BCUT2D eigenvalue weighted by Crippen LogP contribution is -2.37. The Morgan fingerprint density at radius 1 is 1.47 bits per heavy atom. The summed E-state index contributed by atoms with van der Waals surface area (Å²) in [5.74, 6) is 0. The van der Waals surface area contributed by atoms with Gasteiger partial charge in [0.2, 0.25) is 0 Å². The van der Waals surface area contributed by atoms with Crippen LogP contribution in [0.25, 0.3) is 0 Å². The Labute approximate surface area is 91.1 Å². The maximum Gasteiger partial charge on any atom is 0.321 e. The van der Waals surface area contributed by atoms with E-state index in [-0.39, 0.29) is 6.03 Å². The van der Waals surface area contributed by atoms with Gasteiger partial charge in [0.1, 0.15) is 0 Å². The van der Waals surface area contributed by atoms with Crippen LogP contribution in [-0.2, 0) is 0 Å². The topological polar surface area (TPSA) is 32.3 Å². The standard InChI is InChI=1S/C12H18N2O/c1-4-8-13-12(15)14(3)11-7-5-6-10(2)9-11/h5-7,9H,4,8H2,1-3H3,(H,13,15). The Morgan fingerprint density at radius 3 is 2.80 bits per heavy atom. The van der Waals surface area contributed by atoms with Gasteiger partial charge < -0.3 is 5.32 Å². The van der Waals surface area contributed by atoms with Gasteiger partial charge in [0.25, 0.3) is 0 Å². The third kappa shape index (κ3) is 3.27. The van der Waals surface area contributed by atoms with Crippen molar-refractivity contribution in [2.24, 2.45) is 0 Å². The molecule has 0 bridgehead atoms. The summed E-state index contributed by atoms with van der Waals surface area (Å²) in [6, 6.07) is 7.84. The fraction of sp³-hybridized carbons (Fsp3) is 0.417. The van der Waals surface area contributed by atoms with Gasteiger partial charge in [-0.1, -0.05) is 19.1 Å². The molecular formula is C12H18N2O. The molecule has 0 aliphatic heterocycles. The van der Waals surface area contributed by atoms with Crippen LogP contribution in [0.4, 0.5) is 10.5 Å². The number of carbonyl (C=O) groups is 1. The van der Waals surface area contributed by atoms with E-state index in [0.717, 1.165) is 24.2 Å². The van der Waals surface area contributed by atoms with E-state index in [2.05, 4.69) is 5.32 Å². The van der Waals surface area contributed by atoms with Crippen LogP contribution in [0.15, 0.2) is 24.3 Å². The lowest BCUT2D eigenvalue weighted by molar-refractivity contribution is 0.247. The molecule has 0 radical (unpaired) electrons. The summed E-state index contributed by atoms with van der Waals surface area (Å²) in [4.78, 5) is 13.3. The second-order valence-corrected chi connectivity index (χ2v) is 3.63. The van der Waals surface area contributed by atoms with Crippen molar-refractivity contribution in [1.82, 2.24) is 5.32 Å². The Balaban J connectivity index is 2.67. The fourth-order valence-electron chi connectivity index (χ4n) is 1.30. The molecule has 0 aliphatic rings. The fourth-order valence-corrected chi connectivity index (χ4v) is 1.30. The van der Waals surface area contributed by atoms with Gasteiger partial charge in [-0.05, 0) is 31.0 Å². The van der Waals surface area contributed by atoms with E-state index < -0.39 is 0 Å². The van der Waals surface area contributed by atoms with Crippen molar-refractivity contribution in [3.8, 4) is 0 Å². The first-order valence-corrected chi connectivity index (χ1v) is 5.23. The minimum absolute atomic E-state index is 0.0533. The third-order valence-electron chi connectivity index (χ3n) is 2.22. The molecule has 0 atom stereocenters. The van der Waals surface area contributed by atoms with Gasteiger partial charge in [-0.25, -0.2) is 4.79 Å². The van der Waals surface area contributed by atoms with Crippen molar-refractivity contribution in [3.05, 3.63) is 29.8 Å². The quantitative estimate of drug-likeness (QED) is 0.810. The van der Waals surface area contributed by atoms with Gasteiger partial charge >= 0.3 is 6.03 Å². The molecule has 1 rings (SSSR count). The minimum atomic E-state index is -0.0533. The number of nitrogens with one attached hydrogen (secondary N) is 1. The normalized spacial score (nSPS) is 9.80. The van der Waals surface area contributed by atoms with E-state index in [1.807, 2.05) is 38.1 Å². The van der Waals surface area contributed by atoms with Crippen LogP contribution >= 0.6 is 0 Å². The molecule has 0 aliphatic carbocycles. The highest BCUT2D eigenvalue weighted by Gasteiger charge is 2.08. The Morgan fingerprint density at radius 2 is 2.20 bits per heavy atom. The summed E-state index contributed by atoms with van der Waals surface area (Å²) in [6.07, 6.45) is 0.952. The predicted molar refractivity (Wildman–Crippen MR) is 63.3 cm³/mol. The molecule has 2 amide bonds. The number of benzene rings is 1. The number of rotatable bonds is 3. The molecule has 1 aromatic carbocycles. The molecular weight excluding hydrogens is 188 g/mol. The van der Waals surface area contributed by atoms with Gasteiger partial charge in [-0.2, -0.15) is 0 Å². The lowest BCUT2D eigenvalue weighted by atomic mass is 10.2. The molecule has 0 spiro atoms. The summed E-state index contributed by atoms with van der Waals surface area (Å²) in [7, 11) is 1.78. The molecule has 0 unspecified atom stereocenters. The first-order chi connectivity index (χ1) is 7.15. The number of carbonyl (C=O) groups excluding carboxylic acids is 1. The molecule has 0 heterocycles. The molecule has 0 saturated heterocycles. The Kier molecular flexibility index (Phi) is 4.16. The van der Waals surface area contributed by atoms with Crippen LogP contribution in [0, 0.1) is 6.92 Å². The average molecular weight is 206 g/mol. The van der Waals surface area contributed by atoms with Gasteiger partial charge in [0.15, 0.2) is 0 Å². The maximum absolute atomic E-state index is 11.6. The van der Waals surface area contributed by atoms with E-state index in [4.69, 9.17) is 0 Å². The zero-order chi connectivity index (χ0) is 11.3. The van der Waals surface area contributed by atoms with Gasteiger partial charge in [-0.3, -0.25) is 4.90 Å². The number of amides is 2. The predicted octanol–water partition coefficient (Wildman–Crippen LogP) is 2.55. The SMILES string of the molecule is CCCNC(=O)N(C)c1cccc(C)c1. The zero-order valence-corrected chi connectivity index (χ0v) is 9.58. The monoisotopic (exact) mass is 206 g/mol. The van der Waals surface area contributed by atoms with E-state index in [1.54, 1.807) is 11.9 Å². The highest BCUT2D eigenvalue weighted by Crippen LogP contribution is 2.13. The summed E-state index contributed by atoms with van der Waals surface area (Å²) < 4.78 is 0. The number of aryl methyl sites for hydroxylation is 1. The van der Waals surface area contributed by atoms with Crippen LogP contribution < -0.4 is 10.2 Å². The molecule has 3 heteroatoms. The number of nitrogens with zero attached hydrogens (tertiary/aromatic N) is 1. The molecule has 1 aromatic rings. The van der Waals surface area contributed by atoms with Crippen molar-refractivity contribution >= 4 is 11.7 Å². The van der Waals surface area contributed by atoms with Crippen molar-refractivity contribution in [1.29, 1.82) is 0 Å². The first kappa shape index (κ1) is 11.6. The average Bonchev–Trinajstić information content (AvgIpc) is 2.24. The van der Waals surface area contributed by atoms with E-state index in [0.29, 0.717) is 0 Å². The zero-order valence-electron chi connectivity index (χ0n) is 9.58. The van der Waals surface area contributed by atoms with Crippen LogP contribution in [0.1, 0.15) is 18.9 Å². The van der Waals surface area contributed by atoms with Crippen molar-refractivity contribution in [2.45, 2.75) is 20.3 Å². The molecule has 0 saturated carbocycles. The highest BCUT2D eigenvalue weighted by molar-refractivity contribution is 5.91. The summed E-state index contributed by atoms with van der Waals surface area (Å²) >= 11 is 0. The van der Waals surface area contributed by atoms with Crippen LogP contribution in [0.3, 0.4) is 0 Å². The summed E-state index contributed by atoms with van der Waals surface area (Å²) in [6.45, 7) is 4.77. The second-order valence-electron chi connectivity index (χ2n) is 3.63. The van der Waals surface area contributed by atoms with Crippen LogP contribution in [0.5, 0.6) is 0 Å². The minimum Gasteiger partial charge on any atom is -0.338 e. The molecule has 15 heavy (non-hydrogen) atoms. The van der Waals surface area contributed by atoms with Gasteiger partial charge in [0.05, 0.1) is 0 Å². The van der Waals surface area contributed by atoms with E-state index >= 15 is 0 Å². The largest absolute Gasteiger partial charge is 0.338 e. The molecule has 0 fully saturated rings. The Bertz CT molecular complexity index is 336. The third-order valence-corrected chi connectivity index (χ3v) is 2.22. The number of hydrogen-bond acceptors (Lipinski definition) is 1. The van der Waals surface area contributed by atoms with Crippen LogP contribution in [-0.4, -0.2) is 19.6 Å². The number of hydrogen-bond donors (Lipinski definition) is 1. The second kappa shape index (κ2) is 5.39. The molecule has 0 aromatic heterocycles. The van der Waals surface area contributed by atoms with Crippen LogP contribution in [0.2, 0.25) is 0 Å². The number of anilines is 1. The van der Waals surface area contributed by atoms with Crippen molar-refractivity contribution in [3.63, 3.8) is 0 Å². The van der Waals surface area contributed by atoms with E-state index in [1.165, 1.54) is 0 Å². The van der Waals surface area contributed by atoms with Crippen molar-refractivity contribution < 1.29 is 4.79 Å². The molecule has 1 N–H and O–H groups in total. The molecule has 3 nitrogen and oxygen atoms in total. The van der Waals surface area contributed by atoms with Gasteiger partial charge in [0, 0.05) is 19.3 Å². The summed E-state index contributed by atoms with van der Waals surface area (Å²) in [5, 5.41) is 2.84. The first-order valence-electron chi connectivity index (χ1n) is 5.23. The lowest BCUT2D eigenvalue weighted by Gasteiger charge is -2.18. The van der Waals surface area contributed by atoms with E-state index in [9.17, 15) is 4.79 Å². The number of urea groups is 1. The summed E-state index contributed by atoms with van der Waals surface area (Å²) in [5.41, 5.74) is 2.08. The Hall–Kier alpha value is -1.51.